The van der Waals surface area contributed by atoms with Crippen molar-refractivity contribution in [3.63, 3.8) is 0 Å². The van der Waals surface area contributed by atoms with Gasteiger partial charge in [-0.05, 0) is 72.8 Å². The molecule has 0 radical (unpaired) electrons. The van der Waals surface area contributed by atoms with Crippen LogP contribution in [0.25, 0.3) is 21.5 Å². The molecule has 84 heavy (non-hydrogen) atoms. The average Bonchev–Trinajstić information content (AvgIpc) is 1.26. The molecule has 0 saturated heterocycles. The minimum Gasteiger partial charge on any atom is -0.344 e. The summed E-state index contributed by atoms with van der Waals surface area (Å²) < 4.78 is 225. The molecular formula is C49H36F6N8O17S4. The van der Waals surface area contributed by atoms with Gasteiger partial charge in [0.2, 0.25) is 0 Å². The van der Waals surface area contributed by atoms with Crippen molar-refractivity contribution in [3.8, 4) is 0 Å². The largest absolute Gasteiger partial charge is 0.416 e. The number of halogens is 6. The summed E-state index contributed by atoms with van der Waals surface area (Å²) in [6.07, 6.45) is -8.22. The Kier molecular flexibility index (Phi) is 15.8. The molecule has 0 atom stereocenters. The molecule has 0 aliphatic heterocycles. The third-order valence-corrected chi connectivity index (χ3v) is 15.8. The first-order chi connectivity index (χ1) is 38.8. The number of hydrogen-bond donors (Lipinski definition) is 10. The van der Waals surface area contributed by atoms with Gasteiger partial charge in [0.1, 0.15) is 31.0 Å². The third kappa shape index (κ3) is 13.2. The lowest BCUT2D eigenvalue weighted by Gasteiger charge is -2.15. The van der Waals surface area contributed by atoms with E-state index in [2.05, 4.69) is 21.3 Å². The van der Waals surface area contributed by atoms with Crippen LogP contribution >= 0.6 is 0 Å². The maximum atomic E-state index is 14.2. The summed E-state index contributed by atoms with van der Waals surface area (Å²) in [5, 5.41) is 11.3. The van der Waals surface area contributed by atoms with Crippen LogP contribution in [0.1, 0.15) is 52.8 Å². The van der Waals surface area contributed by atoms with Crippen LogP contribution in [-0.2, 0) is 66.9 Å². The van der Waals surface area contributed by atoms with E-state index in [1.54, 1.807) is 0 Å². The standard InChI is InChI=1S/C49H36F6N8O17S4/c1-62-21-29(19-37(62)45(66)60-35-11-9-31-33(41(35)83(75,76)77)5-3-7-39(31)81(69,70)71)56-43(64)23-13-25(48(50,51)52)17-27(15-23)58-47(68)59-28-16-24(14-26(18-28)49(53,54)55)44(65)57-30-20-38(63(2)22-30)46(67)61-36-12-10-32-34(42(36)84(78,79)80)6-4-8-40(32)82(72,73)74/h3-22H,1-2H3,(H,56,64)(H,57,65)(H,60,66)(H,61,67)(H2,58,59,68)(H,69,70,71)(H,72,73,74)(H,75,76,77)(H,78,79,80). The molecule has 0 unspecified atom stereocenters. The zero-order valence-electron chi connectivity index (χ0n) is 41.9. The number of fused-ring (bicyclic) bond motifs is 2. The number of rotatable bonds is 14. The number of carbonyl (C=O) groups is 5. The lowest BCUT2D eigenvalue weighted by molar-refractivity contribution is -0.138. The Bertz CT molecular complexity index is 4340. The van der Waals surface area contributed by atoms with E-state index in [4.69, 9.17) is 0 Å². The van der Waals surface area contributed by atoms with Crippen molar-refractivity contribution in [1.29, 1.82) is 0 Å². The molecule has 6 aromatic carbocycles. The molecule has 10 N–H and O–H groups in total. The summed E-state index contributed by atoms with van der Waals surface area (Å²) in [5.74, 6) is -4.82. The number of carbonyl (C=O) groups excluding carboxylic acids is 5. The monoisotopic (exact) mass is 1250 g/mol. The van der Waals surface area contributed by atoms with Gasteiger partial charge in [-0.25, -0.2) is 4.79 Å². The number of hydrogen-bond acceptors (Lipinski definition) is 13. The molecule has 0 saturated carbocycles. The van der Waals surface area contributed by atoms with E-state index in [1.807, 2.05) is 10.6 Å². The number of urea groups is 1. The highest BCUT2D eigenvalue weighted by Crippen LogP contribution is 2.38. The predicted molar refractivity (Wildman–Crippen MR) is 285 cm³/mol. The molecule has 2 heterocycles. The summed E-state index contributed by atoms with van der Waals surface area (Å²) in [6.45, 7) is 0. The highest BCUT2D eigenvalue weighted by atomic mass is 32.2. The summed E-state index contributed by atoms with van der Waals surface area (Å²) >= 11 is 0. The molecule has 0 fully saturated rings. The second-order valence-electron chi connectivity index (χ2n) is 17.9. The number of anilines is 6. The zero-order valence-corrected chi connectivity index (χ0v) is 45.2. The lowest BCUT2D eigenvalue weighted by atomic mass is 10.1. The van der Waals surface area contributed by atoms with E-state index in [0.29, 0.717) is 24.3 Å². The second-order valence-corrected chi connectivity index (χ2v) is 23.4. The van der Waals surface area contributed by atoms with E-state index in [0.717, 1.165) is 106 Å². The van der Waals surface area contributed by atoms with Gasteiger partial charge >= 0.3 is 18.4 Å². The van der Waals surface area contributed by atoms with Gasteiger partial charge in [0, 0.05) is 70.5 Å². The Labute approximate surface area is 468 Å². The van der Waals surface area contributed by atoms with E-state index in [9.17, 15) is 102 Å². The Morgan fingerprint density at radius 2 is 0.762 bits per heavy atom. The quantitative estimate of drug-likeness (QED) is 0.0361. The molecule has 0 aliphatic carbocycles. The molecule has 25 nitrogen and oxygen atoms in total. The minimum absolute atomic E-state index is 0.261. The van der Waals surface area contributed by atoms with Crippen molar-refractivity contribution in [3.05, 3.63) is 155 Å². The molecule has 6 amide bonds. The highest BCUT2D eigenvalue weighted by Gasteiger charge is 2.35. The first-order valence-electron chi connectivity index (χ1n) is 22.9. The highest BCUT2D eigenvalue weighted by molar-refractivity contribution is 7.87. The maximum Gasteiger partial charge on any atom is 0.416 e. The number of benzene rings is 6. The SMILES string of the molecule is Cn1cc(NC(=O)c2cc(NC(=O)Nc3cc(C(=O)Nc4cc(C(=O)Nc5ccc6c(S(=O)(=O)O)cccc6c5S(=O)(=O)O)n(C)c4)cc(C(F)(F)F)c3)cc(C(F)(F)F)c2)cc1C(=O)Nc1ccc2c(S(=O)(=O)O)cccc2c1S(=O)(=O)O. The van der Waals surface area contributed by atoms with Gasteiger partial charge in [-0.15, -0.1) is 0 Å². The third-order valence-electron chi connectivity index (χ3n) is 12.1. The fraction of sp³-hybridized carbons (Fsp3) is 0.0816. The van der Waals surface area contributed by atoms with E-state index < -0.39 is 158 Å². The Balaban J connectivity index is 0.987. The number of nitrogens with one attached hydrogen (secondary N) is 6. The van der Waals surface area contributed by atoms with Crippen molar-refractivity contribution in [2.75, 3.05) is 31.9 Å². The van der Waals surface area contributed by atoms with Gasteiger partial charge in [0.05, 0.1) is 33.9 Å². The van der Waals surface area contributed by atoms with Gasteiger partial charge in [-0.3, -0.25) is 37.4 Å². The number of amides is 6. The normalized spacial score (nSPS) is 12.4. The summed E-state index contributed by atoms with van der Waals surface area (Å²) in [5.41, 5.74) is -8.55. The lowest BCUT2D eigenvalue weighted by Crippen LogP contribution is -2.22. The molecule has 8 rings (SSSR count). The molecule has 2 aromatic heterocycles. The summed E-state index contributed by atoms with van der Waals surface area (Å²) in [6, 6.07) is 13.3. The number of alkyl halides is 6. The topological polar surface area (TPSA) is 385 Å². The minimum atomic E-state index is -5.24. The van der Waals surface area contributed by atoms with E-state index in [1.165, 1.54) is 14.1 Å². The maximum absolute atomic E-state index is 14.2. The Morgan fingerprint density at radius 3 is 1.08 bits per heavy atom. The van der Waals surface area contributed by atoms with Crippen LogP contribution in [0.2, 0.25) is 0 Å². The molecule has 8 aromatic rings. The molecule has 0 bridgehead atoms. The van der Waals surface area contributed by atoms with E-state index >= 15 is 0 Å². The van der Waals surface area contributed by atoms with Gasteiger partial charge in [0.25, 0.3) is 64.1 Å². The van der Waals surface area contributed by atoms with Crippen molar-refractivity contribution < 1.29 is 102 Å². The fourth-order valence-electron chi connectivity index (χ4n) is 8.58. The first kappa shape index (κ1) is 60.9. The van der Waals surface area contributed by atoms with Crippen LogP contribution < -0.4 is 31.9 Å². The fourth-order valence-corrected chi connectivity index (χ4v) is 11.7. The van der Waals surface area contributed by atoms with E-state index in [-0.39, 0.29) is 33.5 Å². The Hall–Kier alpha value is -9.23. The molecule has 35 heteroatoms. The Morgan fingerprint density at radius 1 is 0.405 bits per heavy atom. The van der Waals surface area contributed by atoms with Crippen molar-refractivity contribution in [2.45, 2.75) is 31.9 Å². The molecule has 0 aliphatic rings. The van der Waals surface area contributed by atoms with Gasteiger partial charge in [0.15, 0.2) is 0 Å². The molecular weight excluding hydrogens is 1210 g/mol. The van der Waals surface area contributed by atoms with Crippen molar-refractivity contribution in [2.24, 2.45) is 14.1 Å². The van der Waals surface area contributed by atoms with Crippen LogP contribution in [-0.4, -0.2) is 90.7 Å². The number of aryl methyl sites for hydroxylation is 2. The smallest absolute Gasteiger partial charge is 0.344 e. The van der Waals surface area contributed by atoms with Crippen LogP contribution in [0, 0.1) is 0 Å². The average molecular weight is 1250 g/mol. The number of nitrogens with zero attached hydrogens (tertiary/aromatic N) is 2. The first-order valence-corrected chi connectivity index (χ1v) is 28.7. The summed E-state index contributed by atoms with van der Waals surface area (Å²) in [7, 11) is -17.8. The van der Waals surface area contributed by atoms with Crippen molar-refractivity contribution in [1.82, 2.24) is 9.13 Å². The van der Waals surface area contributed by atoms with Crippen molar-refractivity contribution >= 4 is 126 Å². The van der Waals surface area contributed by atoms with Gasteiger partial charge in [-0.2, -0.15) is 60.0 Å². The zero-order chi connectivity index (χ0) is 62.0. The molecule has 0 spiro atoms. The molecule has 440 valence electrons. The summed E-state index contributed by atoms with van der Waals surface area (Å²) in [4.78, 5) is 63.8. The van der Waals surface area contributed by atoms with Gasteiger partial charge in [-0.1, -0.05) is 36.4 Å². The number of aromatic nitrogens is 2. The van der Waals surface area contributed by atoms with Gasteiger partial charge < -0.3 is 41.0 Å². The van der Waals surface area contributed by atoms with Crippen LogP contribution in [0.4, 0.5) is 65.3 Å². The second kappa shape index (κ2) is 21.8. The van der Waals surface area contributed by atoms with Crippen LogP contribution in [0.3, 0.4) is 0 Å². The van der Waals surface area contributed by atoms with Crippen LogP contribution in [0.5, 0.6) is 0 Å². The predicted octanol–water partition coefficient (Wildman–Crippen LogP) is 8.35. The van der Waals surface area contributed by atoms with Crippen LogP contribution in [0.15, 0.2) is 141 Å².